The van der Waals surface area contributed by atoms with E-state index in [9.17, 15) is 4.79 Å². The first-order valence-corrected chi connectivity index (χ1v) is 6.70. The molecule has 4 N–H and O–H groups in total. The van der Waals surface area contributed by atoms with Crippen molar-refractivity contribution in [1.82, 2.24) is 5.32 Å². The van der Waals surface area contributed by atoms with Crippen molar-refractivity contribution in [2.75, 3.05) is 13.2 Å². The maximum Gasteiger partial charge on any atom is 0.237 e. The molecule has 0 saturated heterocycles. The fourth-order valence-corrected chi connectivity index (χ4v) is 1.81. The van der Waals surface area contributed by atoms with E-state index in [0.29, 0.717) is 12.5 Å². The summed E-state index contributed by atoms with van der Waals surface area (Å²) in [6.07, 6.45) is 3.74. The zero-order valence-corrected chi connectivity index (χ0v) is 12.6. The van der Waals surface area contributed by atoms with Crippen LogP contribution in [0.2, 0.25) is 0 Å². The molecule has 0 rings (SSSR count). The van der Waals surface area contributed by atoms with Gasteiger partial charge in [0.25, 0.3) is 0 Å². The molecule has 0 aromatic rings. The molecule has 0 saturated carbocycles. The molecule has 5 heteroatoms. The summed E-state index contributed by atoms with van der Waals surface area (Å²) in [4.78, 5) is 11.8. The molecule has 4 nitrogen and oxygen atoms in total. The van der Waals surface area contributed by atoms with Crippen LogP contribution >= 0.6 is 12.4 Å². The molecule has 3 atom stereocenters. The highest BCUT2D eigenvalue weighted by molar-refractivity contribution is 5.85. The van der Waals surface area contributed by atoms with Gasteiger partial charge in [-0.25, -0.2) is 0 Å². The molecule has 0 aromatic heterocycles. The Labute approximate surface area is 117 Å². The largest absolute Gasteiger partial charge is 0.396 e. The second-order valence-corrected chi connectivity index (χ2v) is 4.82. The van der Waals surface area contributed by atoms with Gasteiger partial charge in [-0.2, -0.15) is 0 Å². The summed E-state index contributed by atoms with van der Waals surface area (Å²) in [5.74, 6) is 0.494. The van der Waals surface area contributed by atoms with E-state index in [1.165, 1.54) is 0 Å². The maximum atomic E-state index is 11.8. The highest BCUT2D eigenvalue weighted by atomic mass is 35.5. The van der Waals surface area contributed by atoms with Gasteiger partial charge in [0.15, 0.2) is 0 Å². The van der Waals surface area contributed by atoms with Crippen LogP contribution in [0.3, 0.4) is 0 Å². The Morgan fingerprint density at radius 3 is 2.39 bits per heavy atom. The quantitative estimate of drug-likeness (QED) is 0.602. The fourth-order valence-electron chi connectivity index (χ4n) is 1.81. The van der Waals surface area contributed by atoms with Crippen LogP contribution in [0, 0.1) is 11.8 Å². The summed E-state index contributed by atoms with van der Waals surface area (Å²) in [6, 6.07) is -0.420. The lowest BCUT2D eigenvalue weighted by molar-refractivity contribution is -0.123. The van der Waals surface area contributed by atoms with Crippen molar-refractivity contribution in [3.05, 3.63) is 0 Å². The first-order valence-electron chi connectivity index (χ1n) is 6.70. The number of aliphatic hydroxyl groups is 1. The van der Waals surface area contributed by atoms with E-state index in [4.69, 9.17) is 10.8 Å². The minimum absolute atomic E-state index is 0. The first-order chi connectivity index (χ1) is 8.06. The van der Waals surface area contributed by atoms with Crippen molar-refractivity contribution >= 4 is 18.3 Å². The number of aliphatic hydroxyl groups excluding tert-OH is 1. The zero-order valence-electron chi connectivity index (χ0n) is 11.8. The summed E-state index contributed by atoms with van der Waals surface area (Å²) in [5.41, 5.74) is 5.84. The van der Waals surface area contributed by atoms with E-state index < -0.39 is 6.04 Å². The molecule has 0 aliphatic carbocycles. The van der Waals surface area contributed by atoms with Gasteiger partial charge in [-0.3, -0.25) is 4.79 Å². The zero-order chi connectivity index (χ0) is 13.3. The molecule has 18 heavy (non-hydrogen) atoms. The van der Waals surface area contributed by atoms with E-state index >= 15 is 0 Å². The lowest BCUT2D eigenvalue weighted by Gasteiger charge is -2.20. The number of nitrogens with two attached hydrogens (primary N) is 1. The number of hydrogen-bond donors (Lipinski definition) is 3. The molecular formula is C13H29ClN2O2. The summed E-state index contributed by atoms with van der Waals surface area (Å²) in [6.45, 7) is 6.93. The van der Waals surface area contributed by atoms with Gasteiger partial charge in [-0.05, 0) is 24.7 Å². The van der Waals surface area contributed by atoms with Gasteiger partial charge in [0, 0.05) is 13.2 Å². The number of hydrogen-bond acceptors (Lipinski definition) is 3. The van der Waals surface area contributed by atoms with Crippen LogP contribution < -0.4 is 11.1 Å². The number of halogens is 1. The molecule has 3 unspecified atom stereocenters. The number of nitrogens with one attached hydrogen (secondary N) is 1. The van der Waals surface area contributed by atoms with Crippen LogP contribution in [0.15, 0.2) is 0 Å². The van der Waals surface area contributed by atoms with Crippen molar-refractivity contribution in [2.45, 2.75) is 52.5 Å². The predicted octanol–water partition coefficient (Wildman–Crippen LogP) is 1.70. The van der Waals surface area contributed by atoms with Gasteiger partial charge >= 0.3 is 0 Å². The fraction of sp³-hybridized carbons (Fsp3) is 0.923. The van der Waals surface area contributed by atoms with Crippen molar-refractivity contribution < 1.29 is 9.90 Å². The van der Waals surface area contributed by atoms with Crippen LogP contribution in [0.25, 0.3) is 0 Å². The molecule has 0 aliphatic heterocycles. The van der Waals surface area contributed by atoms with Gasteiger partial charge in [-0.15, -0.1) is 12.4 Å². The van der Waals surface area contributed by atoms with Crippen LogP contribution in [0.4, 0.5) is 0 Å². The second-order valence-electron chi connectivity index (χ2n) is 4.82. The third kappa shape index (κ3) is 7.90. The van der Waals surface area contributed by atoms with Gasteiger partial charge in [0.05, 0.1) is 6.04 Å². The van der Waals surface area contributed by atoms with E-state index in [-0.39, 0.29) is 30.8 Å². The Morgan fingerprint density at radius 1 is 1.33 bits per heavy atom. The van der Waals surface area contributed by atoms with Crippen molar-refractivity contribution in [3.63, 3.8) is 0 Å². The summed E-state index contributed by atoms with van der Waals surface area (Å²) >= 11 is 0. The highest BCUT2D eigenvalue weighted by Crippen LogP contribution is 2.10. The maximum absolute atomic E-state index is 11.8. The SMILES string of the molecule is CCCC(CCO)CNC(=O)C(N)C(C)CC.Cl. The predicted molar refractivity (Wildman–Crippen MR) is 77.8 cm³/mol. The average Bonchev–Trinajstić information content (AvgIpc) is 2.34. The third-order valence-electron chi connectivity index (χ3n) is 3.36. The Hall–Kier alpha value is -0.320. The van der Waals surface area contributed by atoms with Gasteiger partial charge in [0.1, 0.15) is 0 Å². The normalized spacial score (nSPS) is 15.4. The molecule has 0 heterocycles. The molecular weight excluding hydrogens is 252 g/mol. The Bertz CT molecular complexity index is 209. The van der Waals surface area contributed by atoms with Gasteiger partial charge in [-0.1, -0.05) is 33.6 Å². The number of carbonyl (C=O) groups is 1. The minimum atomic E-state index is -0.420. The lowest BCUT2D eigenvalue weighted by atomic mass is 9.97. The summed E-state index contributed by atoms with van der Waals surface area (Å²) in [5, 5.41) is 11.8. The number of amides is 1. The first kappa shape index (κ1) is 20.0. The standard InChI is InChI=1S/C13H28N2O2.ClH/c1-4-6-11(7-8-16)9-15-13(17)12(14)10(3)5-2;/h10-12,16H,4-9,14H2,1-3H3,(H,15,17);1H. The average molecular weight is 281 g/mol. The summed E-state index contributed by atoms with van der Waals surface area (Å²) in [7, 11) is 0. The van der Waals surface area contributed by atoms with Crippen molar-refractivity contribution in [1.29, 1.82) is 0 Å². The number of rotatable bonds is 9. The van der Waals surface area contributed by atoms with Crippen LogP contribution in [0.5, 0.6) is 0 Å². The summed E-state index contributed by atoms with van der Waals surface area (Å²) < 4.78 is 0. The van der Waals surface area contributed by atoms with Crippen LogP contribution in [0.1, 0.15) is 46.5 Å². The monoisotopic (exact) mass is 280 g/mol. The Kier molecular flexibility index (Phi) is 13.1. The molecule has 0 fully saturated rings. The Morgan fingerprint density at radius 2 is 1.94 bits per heavy atom. The number of carbonyl (C=O) groups excluding carboxylic acids is 1. The molecule has 110 valence electrons. The third-order valence-corrected chi connectivity index (χ3v) is 3.36. The van der Waals surface area contributed by atoms with Crippen molar-refractivity contribution in [2.24, 2.45) is 17.6 Å². The van der Waals surface area contributed by atoms with E-state index in [0.717, 1.165) is 25.7 Å². The highest BCUT2D eigenvalue weighted by Gasteiger charge is 2.19. The van der Waals surface area contributed by atoms with Crippen LogP contribution in [-0.2, 0) is 4.79 Å². The Balaban J connectivity index is 0. The lowest BCUT2D eigenvalue weighted by Crippen LogP contribution is -2.46. The molecule has 0 radical (unpaired) electrons. The minimum Gasteiger partial charge on any atom is -0.396 e. The van der Waals surface area contributed by atoms with E-state index in [1.54, 1.807) is 0 Å². The molecule has 1 amide bonds. The molecule has 0 aromatic carbocycles. The molecule has 0 aliphatic rings. The molecule has 0 bridgehead atoms. The van der Waals surface area contributed by atoms with Gasteiger partial charge < -0.3 is 16.2 Å². The molecule has 0 spiro atoms. The van der Waals surface area contributed by atoms with Crippen LogP contribution in [-0.4, -0.2) is 30.2 Å². The topological polar surface area (TPSA) is 75.3 Å². The smallest absolute Gasteiger partial charge is 0.237 e. The van der Waals surface area contributed by atoms with E-state index in [1.807, 2.05) is 13.8 Å². The van der Waals surface area contributed by atoms with Gasteiger partial charge in [0.2, 0.25) is 5.91 Å². The van der Waals surface area contributed by atoms with E-state index in [2.05, 4.69) is 12.2 Å². The van der Waals surface area contributed by atoms with Crippen molar-refractivity contribution in [3.8, 4) is 0 Å². The second kappa shape index (κ2) is 11.8.